The SMILES string of the molecule is CS(=O)(=O)CC1CCCN(C(=O)c2cnc3c(c2)ncn3C2CCOCC2)C1. The van der Waals surface area contributed by atoms with Gasteiger partial charge in [0.25, 0.3) is 5.91 Å². The second-order valence-corrected chi connectivity index (χ2v) is 10.1. The number of aromatic nitrogens is 3. The van der Waals surface area contributed by atoms with Crippen LogP contribution in [0.3, 0.4) is 0 Å². The van der Waals surface area contributed by atoms with E-state index in [2.05, 4.69) is 14.5 Å². The van der Waals surface area contributed by atoms with Crippen molar-refractivity contribution in [1.82, 2.24) is 19.4 Å². The largest absolute Gasteiger partial charge is 0.381 e. The highest BCUT2D eigenvalue weighted by Gasteiger charge is 2.27. The molecule has 1 atom stereocenters. The molecular formula is C19H26N4O4S. The number of hydrogen-bond donors (Lipinski definition) is 0. The maximum atomic E-state index is 12.9. The number of carbonyl (C=O) groups excluding carboxylic acids is 1. The Bertz CT molecular complexity index is 965. The van der Waals surface area contributed by atoms with E-state index in [4.69, 9.17) is 4.74 Å². The summed E-state index contributed by atoms with van der Waals surface area (Å²) in [7, 11) is -3.05. The Morgan fingerprint density at radius 2 is 2.04 bits per heavy atom. The smallest absolute Gasteiger partial charge is 0.255 e. The van der Waals surface area contributed by atoms with Crippen LogP contribution < -0.4 is 0 Å². The fraction of sp³-hybridized carbons (Fsp3) is 0.632. The number of piperidine rings is 1. The van der Waals surface area contributed by atoms with Gasteiger partial charge in [0, 0.05) is 44.8 Å². The lowest BCUT2D eigenvalue weighted by Crippen LogP contribution is -2.41. The van der Waals surface area contributed by atoms with E-state index >= 15 is 0 Å². The Morgan fingerprint density at radius 1 is 1.25 bits per heavy atom. The van der Waals surface area contributed by atoms with Crippen molar-refractivity contribution >= 4 is 26.9 Å². The van der Waals surface area contributed by atoms with Gasteiger partial charge < -0.3 is 14.2 Å². The van der Waals surface area contributed by atoms with E-state index in [1.807, 2.05) is 0 Å². The first-order chi connectivity index (χ1) is 13.4. The van der Waals surface area contributed by atoms with E-state index in [-0.39, 0.29) is 17.6 Å². The molecule has 0 bridgehead atoms. The van der Waals surface area contributed by atoms with Crippen molar-refractivity contribution in [3.8, 4) is 0 Å². The third-order valence-corrected chi connectivity index (χ3v) is 6.67. The van der Waals surface area contributed by atoms with Gasteiger partial charge in [0.05, 0.1) is 17.6 Å². The van der Waals surface area contributed by atoms with Gasteiger partial charge in [-0.05, 0) is 37.7 Å². The van der Waals surface area contributed by atoms with E-state index in [0.717, 1.165) is 44.5 Å². The molecule has 0 spiro atoms. The molecule has 8 nitrogen and oxygen atoms in total. The molecule has 0 aromatic carbocycles. The van der Waals surface area contributed by atoms with Crippen molar-refractivity contribution in [2.75, 3.05) is 38.3 Å². The van der Waals surface area contributed by atoms with Crippen LogP contribution in [-0.2, 0) is 14.6 Å². The van der Waals surface area contributed by atoms with Gasteiger partial charge in [0.1, 0.15) is 15.4 Å². The molecule has 2 fully saturated rings. The van der Waals surface area contributed by atoms with E-state index < -0.39 is 9.84 Å². The van der Waals surface area contributed by atoms with Crippen LogP contribution in [0.5, 0.6) is 0 Å². The first-order valence-electron chi connectivity index (χ1n) is 9.78. The number of fused-ring (bicyclic) bond motifs is 1. The molecule has 0 aliphatic carbocycles. The van der Waals surface area contributed by atoms with Crippen molar-refractivity contribution in [2.45, 2.75) is 31.7 Å². The minimum absolute atomic E-state index is 0.00267. The van der Waals surface area contributed by atoms with E-state index in [1.54, 1.807) is 23.5 Å². The third kappa shape index (κ3) is 4.20. The van der Waals surface area contributed by atoms with Gasteiger partial charge in [-0.3, -0.25) is 4.79 Å². The zero-order chi connectivity index (χ0) is 19.7. The lowest BCUT2D eigenvalue weighted by molar-refractivity contribution is 0.0684. The number of pyridine rings is 1. The third-order valence-electron chi connectivity index (χ3n) is 5.59. The number of hydrogen-bond acceptors (Lipinski definition) is 6. The van der Waals surface area contributed by atoms with E-state index in [1.165, 1.54) is 6.26 Å². The van der Waals surface area contributed by atoms with Crippen LogP contribution in [0.2, 0.25) is 0 Å². The summed E-state index contributed by atoms with van der Waals surface area (Å²) in [6.07, 6.45) is 8.18. The van der Waals surface area contributed by atoms with Crippen LogP contribution in [0.25, 0.3) is 11.2 Å². The predicted molar refractivity (Wildman–Crippen MR) is 105 cm³/mol. The molecule has 2 aromatic rings. The fourth-order valence-electron chi connectivity index (χ4n) is 4.26. The zero-order valence-electron chi connectivity index (χ0n) is 16.1. The standard InChI is InChI=1S/C19H26N4O4S/c1-28(25,26)12-14-3-2-6-22(11-14)19(24)15-9-17-18(20-10-15)23(13-21-17)16-4-7-27-8-5-16/h9-10,13-14,16H,2-8,11-12H2,1H3. The number of sulfone groups is 1. The summed E-state index contributed by atoms with van der Waals surface area (Å²) in [5.74, 6) is 0.0224. The van der Waals surface area contributed by atoms with E-state index in [0.29, 0.717) is 30.2 Å². The summed E-state index contributed by atoms with van der Waals surface area (Å²) in [5, 5.41) is 0. The number of amides is 1. The molecule has 0 radical (unpaired) electrons. The molecule has 0 saturated carbocycles. The first-order valence-corrected chi connectivity index (χ1v) is 11.8. The maximum Gasteiger partial charge on any atom is 0.255 e. The molecular weight excluding hydrogens is 380 g/mol. The Morgan fingerprint density at radius 3 is 2.79 bits per heavy atom. The molecule has 4 rings (SSSR count). The van der Waals surface area contributed by atoms with Crippen LogP contribution in [-0.4, -0.2) is 72.1 Å². The Labute approximate surface area is 164 Å². The van der Waals surface area contributed by atoms with Crippen molar-refractivity contribution in [1.29, 1.82) is 0 Å². The Kier molecular flexibility index (Phi) is 5.37. The molecule has 0 N–H and O–H groups in total. The maximum absolute atomic E-state index is 12.9. The molecule has 1 unspecified atom stereocenters. The lowest BCUT2D eigenvalue weighted by Gasteiger charge is -2.32. The second kappa shape index (κ2) is 7.79. The number of ether oxygens (including phenoxy) is 1. The summed E-state index contributed by atoms with van der Waals surface area (Å²) in [5.41, 5.74) is 2.00. The zero-order valence-corrected chi connectivity index (χ0v) is 16.9. The van der Waals surface area contributed by atoms with Crippen molar-refractivity contribution < 1.29 is 17.9 Å². The van der Waals surface area contributed by atoms with Gasteiger partial charge in [-0.25, -0.2) is 18.4 Å². The number of likely N-dealkylation sites (tertiary alicyclic amines) is 1. The van der Waals surface area contributed by atoms with Crippen LogP contribution in [0.1, 0.15) is 42.1 Å². The average Bonchev–Trinajstić information content (AvgIpc) is 3.10. The van der Waals surface area contributed by atoms with Crippen molar-refractivity contribution in [2.24, 2.45) is 5.92 Å². The van der Waals surface area contributed by atoms with Gasteiger partial charge in [0.2, 0.25) is 0 Å². The fourth-order valence-corrected chi connectivity index (χ4v) is 5.39. The van der Waals surface area contributed by atoms with E-state index in [9.17, 15) is 13.2 Å². The van der Waals surface area contributed by atoms with Crippen LogP contribution in [0.15, 0.2) is 18.6 Å². The summed E-state index contributed by atoms with van der Waals surface area (Å²) in [4.78, 5) is 23.7. The van der Waals surface area contributed by atoms with Gasteiger partial charge >= 0.3 is 0 Å². The van der Waals surface area contributed by atoms with Gasteiger partial charge in [-0.2, -0.15) is 0 Å². The van der Waals surface area contributed by atoms with Crippen molar-refractivity contribution in [3.05, 3.63) is 24.2 Å². The normalized spacial score (nSPS) is 21.9. The minimum atomic E-state index is -3.05. The first kappa shape index (κ1) is 19.3. The summed E-state index contributed by atoms with van der Waals surface area (Å²) in [6.45, 7) is 2.60. The number of imidazole rings is 1. The quantitative estimate of drug-likeness (QED) is 0.767. The van der Waals surface area contributed by atoms with Crippen molar-refractivity contribution in [3.63, 3.8) is 0 Å². The second-order valence-electron chi connectivity index (χ2n) is 7.91. The molecule has 152 valence electrons. The van der Waals surface area contributed by atoms with Gasteiger partial charge in [0.15, 0.2) is 5.65 Å². The molecule has 2 aliphatic heterocycles. The molecule has 28 heavy (non-hydrogen) atoms. The molecule has 2 saturated heterocycles. The monoisotopic (exact) mass is 406 g/mol. The predicted octanol–water partition coefficient (Wildman–Crippen LogP) is 1.68. The van der Waals surface area contributed by atoms with Crippen LogP contribution in [0.4, 0.5) is 0 Å². The molecule has 9 heteroatoms. The lowest BCUT2D eigenvalue weighted by atomic mass is 9.99. The summed E-state index contributed by atoms with van der Waals surface area (Å²) in [6, 6.07) is 2.12. The minimum Gasteiger partial charge on any atom is -0.381 e. The summed E-state index contributed by atoms with van der Waals surface area (Å²) < 4.78 is 30.7. The van der Waals surface area contributed by atoms with Crippen LogP contribution >= 0.6 is 0 Å². The molecule has 4 heterocycles. The molecule has 2 aromatic heterocycles. The topological polar surface area (TPSA) is 94.4 Å². The van der Waals surface area contributed by atoms with Crippen LogP contribution in [0, 0.1) is 5.92 Å². The summed E-state index contributed by atoms with van der Waals surface area (Å²) >= 11 is 0. The Hall–Kier alpha value is -2.00. The highest BCUT2D eigenvalue weighted by molar-refractivity contribution is 7.90. The van der Waals surface area contributed by atoms with Gasteiger partial charge in [-0.15, -0.1) is 0 Å². The average molecular weight is 407 g/mol. The number of carbonyl (C=O) groups is 1. The van der Waals surface area contributed by atoms with Gasteiger partial charge in [-0.1, -0.05) is 0 Å². The molecule has 1 amide bonds. The number of nitrogens with zero attached hydrogens (tertiary/aromatic N) is 4. The molecule has 2 aliphatic rings. The number of rotatable bonds is 4. The highest BCUT2D eigenvalue weighted by Crippen LogP contribution is 2.25. The highest BCUT2D eigenvalue weighted by atomic mass is 32.2. The Balaban J connectivity index is 1.51.